The second kappa shape index (κ2) is 12.0. The molecule has 1 unspecified atom stereocenters. The molecule has 0 radical (unpaired) electrons. The van der Waals surface area contributed by atoms with E-state index in [0.29, 0.717) is 16.4 Å². The molecule has 9 nitrogen and oxygen atoms in total. The van der Waals surface area contributed by atoms with Gasteiger partial charge in [0.1, 0.15) is 11.9 Å². The van der Waals surface area contributed by atoms with Crippen LogP contribution in [0.25, 0.3) is 0 Å². The van der Waals surface area contributed by atoms with E-state index >= 15 is 0 Å². The number of esters is 1. The lowest BCUT2D eigenvalue weighted by molar-refractivity contribution is -0.124. The third kappa shape index (κ3) is 6.39. The number of thiocarbonyl (C=S) groups is 1. The molecule has 0 aliphatic carbocycles. The van der Waals surface area contributed by atoms with E-state index in [1.165, 1.54) is 42.5 Å². The maximum atomic E-state index is 13.7. The Labute approximate surface area is 233 Å². The summed E-state index contributed by atoms with van der Waals surface area (Å²) in [5, 5.41) is 4.06. The first-order valence-corrected chi connectivity index (χ1v) is 12.5. The number of carbonyl (C=O) groups is 4. The largest absolute Gasteiger partial charge is 0.462 e. The van der Waals surface area contributed by atoms with Gasteiger partial charge in [0.25, 0.3) is 11.8 Å². The Kier molecular flexibility index (Phi) is 8.52. The molecule has 0 spiro atoms. The number of hydrogen-bond acceptors (Lipinski definition) is 6. The van der Waals surface area contributed by atoms with Crippen LogP contribution in [0.5, 0.6) is 0 Å². The average Bonchev–Trinajstić information content (AvgIpc) is 3.12. The number of ether oxygens (including phenoxy) is 1. The summed E-state index contributed by atoms with van der Waals surface area (Å²) in [7, 11) is 0. The number of nitrogens with zero attached hydrogens (tertiary/aromatic N) is 2. The van der Waals surface area contributed by atoms with Gasteiger partial charge in [-0.2, -0.15) is 0 Å². The van der Waals surface area contributed by atoms with Crippen LogP contribution in [0.4, 0.5) is 15.8 Å². The minimum Gasteiger partial charge on any atom is -0.462 e. The second-order valence-corrected chi connectivity index (χ2v) is 9.12. The van der Waals surface area contributed by atoms with Crippen LogP contribution in [0.1, 0.15) is 34.1 Å². The highest BCUT2D eigenvalue weighted by molar-refractivity contribution is 7.80. The number of halogens is 2. The molecular formula is C27H22ClFN4O5S. The second-order valence-electron chi connectivity index (χ2n) is 8.32. The van der Waals surface area contributed by atoms with Gasteiger partial charge in [0.05, 0.1) is 24.3 Å². The number of nitrogens with one attached hydrogen (secondary N) is 2. The van der Waals surface area contributed by atoms with Crippen LogP contribution in [0, 0.1) is 5.82 Å². The smallest absolute Gasteiger partial charge is 0.338 e. The van der Waals surface area contributed by atoms with Crippen LogP contribution >= 0.6 is 23.8 Å². The summed E-state index contributed by atoms with van der Waals surface area (Å²) < 4.78 is 18.7. The van der Waals surface area contributed by atoms with Crippen molar-refractivity contribution in [2.24, 2.45) is 0 Å². The van der Waals surface area contributed by atoms with Crippen molar-refractivity contribution in [2.75, 3.05) is 16.8 Å². The van der Waals surface area contributed by atoms with Gasteiger partial charge in [0.15, 0.2) is 0 Å². The predicted molar refractivity (Wildman–Crippen MR) is 147 cm³/mol. The van der Waals surface area contributed by atoms with Gasteiger partial charge >= 0.3 is 5.97 Å². The van der Waals surface area contributed by atoms with Crippen molar-refractivity contribution >= 4 is 64.0 Å². The summed E-state index contributed by atoms with van der Waals surface area (Å²) in [6.07, 6.45) is -0.383. The van der Waals surface area contributed by atoms with E-state index in [1.54, 1.807) is 31.2 Å². The normalized spacial score (nSPS) is 14.8. The van der Waals surface area contributed by atoms with Gasteiger partial charge in [-0.25, -0.2) is 14.2 Å². The first kappa shape index (κ1) is 27.7. The van der Waals surface area contributed by atoms with Gasteiger partial charge in [0.2, 0.25) is 11.0 Å². The number of carbonyl (C=O) groups excluding carboxylic acids is 4. The third-order valence-electron chi connectivity index (χ3n) is 5.65. The lowest BCUT2D eigenvalue weighted by atomic mass is 10.1. The van der Waals surface area contributed by atoms with E-state index in [0.717, 1.165) is 16.0 Å². The summed E-state index contributed by atoms with van der Waals surface area (Å²) in [6, 6.07) is 16.2. The molecule has 4 rings (SSSR count). The Morgan fingerprint density at radius 3 is 2.41 bits per heavy atom. The lowest BCUT2D eigenvalue weighted by Crippen LogP contribution is -2.49. The number of amides is 3. The molecule has 1 aliphatic heterocycles. The van der Waals surface area contributed by atoms with Gasteiger partial charge in [-0.15, -0.1) is 0 Å². The molecule has 3 aromatic rings. The molecule has 0 bridgehead atoms. The van der Waals surface area contributed by atoms with E-state index in [9.17, 15) is 23.6 Å². The minimum absolute atomic E-state index is 0.00961. The lowest BCUT2D eigenvalue weighted by Gasteiger charge is -2.24. The van der Waals surface area contributed by atoms with Crippen molar-refractivity contribution in [1.82, 2.24) is 10.4 Å². The molecule has 1 aliphatic rings. The standard InChI is InChI=1S/C27H22ClFN4O5S/c1-2-38-26(37)16-9-11-21(12-10-16)32-25(36)22(15-23(34)30-20-8-4-6-18(28)14-20)33(27(32)39)31-24(35)17-5-3-7-19(29)13-17/h3-14,22H,2,15H2,1H3,(H,30,34)(H,31,35). The highest BCUT2D eigenvalue weighted by atomic mass is 35.5. The van der Waals surface area contributed by atoms with Crippen molar-refractivity contribution in [3.8, 4) is 0 Å². The Morgan fingerprint density at radius 2 is 1.74 bits per heavy atom. The Hall–Kier alpha value is -4.35. The van der Waals surface area contributed by atoms with Crippen LogP contribution in [0.15, 0.2) is 72.8 Å². The van der Waals surface area contributed by atoms with Crippen molar-refractivity contribution in [2.45, 2.75) is 19.4 Å². The number of benzene rings is 3. The molecule has 1 heterocycles. The molecule has 1 fully saturated rings. The molecule has 12 heteroatoms. The quantitative estimate of drug-likeness (QED) is 0.307. The number of hydrogen-bond donors (Lipinski definition) is 2. The molecule has 0 aromatic heterocycles. The predicted octanol–water partition coefficient (Wildman–Crippen LogP) is 4.33. The molecule has 0 saturated carbocycles. The fraction of sp³-hybridized carbons (Fsp3) is 0.148. The van der Waals surface area contributed by atoms with E-state index in [-0.39, 0.29) is 29.3 Å². The monoisotopic (exact) mass is 568 g/mol. The molecule has 1 atom stereocenters. The van der Waals surface area contributed by atoms with Gasteiger partial charge in [0, 0.05) is 16.3 Å². The van der Waals surface area contributed by atoms with Crippen molar-refractivity contribution < 1.29 is 28.3 Å². The van der Waals surface area contributed by atoms with Gasteiger partial charge in [-0.05, 0) is 79.8 Å². The van der Waals surface area contributed by atoms with E-state index in [2.05, 4.69) is 10.7 Å². The zero-order valence-electron chi connectivity index (χ0n) is 20.5. The number of rotatable bonds is 8. The molecule has 200 valence electrons. The Balaban J connectivity index is 1.61. The maximum absolute atomic E-state index is 13.7. The Morgan fingerprint density at radius 1 is 1.03 bits per heavy atom. The third-order valence-corrected chi connectivity index (χ3v) is 6.26. The molecular weight excluding hydrogens is 547 g/mol. The SMILES string of the molecule is CCOC(=O)c1ccc(N2C(=O)C(CC(=O)Nc3cccc(Cl)c3)N(NC(=O)c3cccc(F)c3)C2=S)cc1. The van der Waals surface area contributed by atoms with Crippen LogP contribution in [-0.2, 0) is 14.3 Å². The van der Waals surface area contributed by atoms with Crippen LogP contribution in [0.3, 0.4) is 0 Å². The van der Waals surface area contributed by atoms with Crippen LogP contribution < -0.4 is 15.6 Å². The van der Waals surface area contributed by atoms with E-state index in [4.69, 9.17) is 28.6 Å². The molecule has 39 heavy (non-hydrogen) atoms. The van der Waals surface area contributed by atoms with Gasteiger partial charge in [-0.3, -0.25) is 24.7 Å². The maximum Gasteiger partial charge on any atom is 0.338 e. The number of hydrazine groups is 1. The molecule has 3 amide bonds. The van der Waals surface area contributed by atoms with Crippen LogP contribution in [-0.4, -0.2) is 46.5 Å². The fourth-order valence-electron chi connectivity index (χ4n) is 3.86. The highest BCUT2D eigenvalue weighted by Gasteiger charge is 2.45. The average molecular weight is 569 g/mol. The summed E-state index contributed by atoms with van der Waals surface area (Å²) in [4.78, 5) is 52.5. The summed E-state index contributed by atoms with van der Waals surface area (Å²) in [5.41, 5.74) is 3.51. The first-order chi connectivity index (χ1) is 18.7. The summed E-state index contributed by atoms with van der Waals surface area (Å²) >= 11 is 11.5. The van der Waals surface area contributed by atoms with Crippen LogP contribution in [0.2, 0.25) is 5.02 Å². The summed E-state index contributed by atoms with van der Waals surface area (Å²) in [6.45, 7) is 1.89. The molecule has 2 N–H and O–H groups in total. The minimum atomic E-state index is -1.22. The van der Waals surface area contributed by atoms with E-state index in [1.807, 2.05) is 0 Å². The topological polar surface area (TPSA) is 108 Å². The molecule has 1 saturated heterocycles. The molecule has 3 aromatic carbocycles. The highest BCUT2D eigenvalue weighted by Crippen LogP contribution is 2.27. The Bertz CT molecular complexity index is 1450. The van der Waals surface area contributed by atoms with Gasteiger partial charge in [-0.1, -0.05) is 23.7 Å². The summed E-state index contributed by atoms with van der Waals surface area (Å²) in [5.74, 6) is -3.01. The number of anilines is 2. The zero-order chi connectivity index (χ0) is 28.1. The van der Waals surface area contributed by atoms with E-state index < -0.39 is 35.5 Å². The fourth-order valence-corrected chi connectivity index (χ4v) is 4.41. The van der Waals surface area contributed by atoms with Gasteiger partial charge < -0.3 is 10.1 Å². The van der Waals surface area contributed by atoms with Crippen molar-refractivity contribution in [3.63, 3.8) is 0 Å². The van der Waals surface area contributed by atoms with Crippen molar-refractivity contribution in [3.05, 3.63) is 94.8 Å². The zero-order valence-corrected chi connectivity index (χ0v) is 22.1. The first-order valence-electron chi connectivity index (χ1n) is 11.7. The van der Waals surface area contributed by atoms with Crippen molar-refractivity contribution in [1.29, 1.82) is 0 Å².